The van der Waals surface area contributed by atoms with Crippen LogP contribution in [0.15, 0.2) is 22.7 Å². The van der Waals surface area contributed by atoms with E-state index >= 15 is 0 Å². The molecule has 1 heterocycles. The average Bonchev–Trinajstić information content (AvgIpc) is 2.78. The van der Waals surface area contributed by atoms with Gasteiger partial charge in [0.1, 0.15) is 23.1 Å². The van der Waals surface area contributed by atoms with Crippen molar-refractivity contribution in [2.75, 3.05) is 12.8 Å². The average molecular weight is 348 g/mol. The topological polar surface area (TPSA) is 53.1 Å². The maximum Gasteiger partial charge on any atom is 0.132 e. The minimum atomic E-state index is 0.426. The first-order valence-corrected chi connectivity index (χ1v) is 7.53. The van der Waals surface area contributed by atoms with Crippen molar-refractivity contribution in [2.45, 2.75) is 26.3 Å². The number of hydrogen-bond acceptors (Lipinski definition) is 3. The van der Waals surface area contributed by atoms with Crippen LogP contribution in [0.3, 0.4) is 0 Å². The van der Waals surface area contributed by atoms with Crippen molar-refractivity contribution in [1.29, 1.82) is 0 Å². The molecule has 0 atom stereocenters. The molecule has 0 aliphatic heterocycles. The van der Waals surface area contributed by atoms with Crippen LogP contribution >= 0.6 is 15.9 Å². The number of halogens is 1. The Labute approximate surface area is 133 Å². The Kier molecular flexibility index (Phi) is 4.92. The van der Waals surface area contributed by atoms with Gasteiger partial charge in [-0.2, -0.15) is 0 Å². The third-order valence-corrected chi connectivity index (χ3v) is 3.93. The highest BCUT2D eigenvalue weighted by molar-refractivity contribution is 9.10. The molecule has 0 amide bonds. The molecule has 1 aromatic heterocycles. The molecule has 2 aromatic rings. The molecule has 5 heteroatoms. The summed E-state index contributed by atoms with van der Waals surface area (Å²) >= 11 is 3.54. The van der Waals surface area contributed by atoms with Crippen LogP contribution in [0.4, 0.5) is 5.82 Å². The minimum absolute atomic E-state index is 0.426. The van der Waals surface area contributed by atoms with Gasteiger partial charge < -0.3 is 15.0 Å². The van der Waals surface area contributed by atoms with E-state index in [0.717, 1.165) is 40.1 Å². The Balaban J connectivity index is 2.59. The van der Waals surface area contributed by atoms with Gasteiger partial charge in [-0.3, -0.25) is 0 Å². The van der Waals surface area contributed by atoms with Gasteiger partial charge in [-0.15, -0.1) is 6.42 Å². The Morgan fingerprint density at radius 1 is 1.48 bits per heavy atom. The van der Waals surface area contributed by atoms with E-state index in [1.165, 1.54) is 0 Å². The smallest absolute Gasteiger partial charge is 0.132 e. The van der Waals surface area contributed by atoms with Gasteiger partial charge in [-0.1, -0.05) is 28.8 Å². The van der Waals surface area contributed by atoms with Crippen LogP contribution in [0.2, 0.25) is 0 Å². The summed E-state index contributed by atoms with van der Waals surface area (Å²) < 4.78 is 8.09. The molecule has 0 spiro atoms. The summed E-state index contributed by atoms with van der Waals surface area (Å²) in [5.41, 5.74) is 7.89. The summed E-state index contributed by atoms with van der Waals surface area (Å²) in [5.74, 6) is 4.90. The summed E-state index contributed by atoms with van der Waals surface area (Å²) in [6, 6.07) is 5.72. The lowest BCUT2D eigenvalue weighted by Crippen LogP contribution is -2.06. The number of methoxy groups -OCH3 is 1. The molecule has 0 saturated heterocycles. The fraction of sp³-hybridized carbons (Fsp3) is 0.312. The molecule has 1 aromatic carbocycles. The number of imidazole rings is 1. The molecule has 0 radical (unpaired) electrons. The van der Waals surface area contributed by atoms with Crippen molar-refractivity contribution in [2.24, 2.45) is 0 Å². The molecule has 2 rings (SSSR count). The number of nitrogen functional groups attached to an aromatic ring is 1. The van der Waals surface area contributed by atoms with E-state index in [-0.39, 0.29) is 0 Å². The van der Waals surface area contributed by atoms with E-state index in [9.17, 15) is 0 Å². The normalized spacial score (nSPS) is 10.4. The lowest BCUT2D eigenvalue weighted by Gasteiger charge is -2.07. The van der Waals surface area contributed by atoms with E-state index in [0.29, 0.717) is 12.4 Å². The fourth-order valence-electron chi connectivity index (χ4n) is 2.21. The number of rotatable bonds is 5. The van der Waals surface area contributed by atoms with Gasteiger partial charge in [0.25, 0.3) is 0 Å². The molecule has 0 saturated carbocycles. The van der Waals surface area contributed by atoms with Crippen LogP contribution < -0.4 is 10.5 Å². The standard InChI is InChI=1S/C16H18BrN3O/c1-4-6-14-19-15(16(18)20(14)9-5-2)12-10-11(21-3)7-8-13(12)17/h2,7-8,10H,4,6,9,18H2,1,3H3. The first kappa shape index (κ1) is 15.5. The van der Waals surface area contributed by atoms with E-state index < -0.39 is 0 Å². The van der Waals surface area contributed by atoms with Crippen molar-refractivity contribution in [3.63, 3.8) is 0 Å². The number of terminal acetylenes is 1. The van der Waals surface area contributed by atoms with Gasteiger partial charge in [-0.25, -0.2) is 4.98 Å². The number of aromatic nitrogens is 2. The minimum Gasteiger partial charge on any atom is -0.497 e. The van der Waals surface area contributed by atoms with Crippen LogP contribution in [-0.2, 0) is 13.0 Å². The first-order valence-electron chi connectivity index (χ1n) is 6.74. The Morgan fingerprint density at radius 2 is 2.24 bits per heavy atom. The Morgan fingerprint density at radius 3 is 2.86 bits per heavy atom. The largest absolute Gasteiger partial charge is 0.497 e. The van der Waals surface area contributed by atoms with Crippen LogP contribution in [0, 0.1) is 12.3 Å². The molecule has 0 aliphatic rings. The number of ether oxygens (including phenoxy) is 1. The molecule has 2 N–H and O–H groups in total. The lowest BCUT2D eigenvalue weighted by molar-refractivity contribution is 0.415. The number of benzene rings is 1. The third-order valence-electron chi connectivity index (χ3n) is 3.24. The quantitative estimate of drug-likeness (QED) is 0.842. The monoisotopic (exact) mass is 347 g/mol. The zero-order valence-corrected chi connectivity index (χ0v) is 13.8. The van der Waals surface area contributed by atoms with Gasteiger partial charge in [-0.05, 0) is 24.6 Å². The summed E-state index contributed by atoms with van der Waals surface area (Å²) in [7, 11) is 1.63. The van der Waals surface area contributed by atoms with Crippen LogP contribution in [-0.4, -0.2) is 16.7 Å². The predicted octanol–water partition coefficient (Wildman–Crippen LogP) is 3.49. The number of hydrogen-bond donors (Lipinski definition) is 1. The van der Waals surface area contributed by atoms with E-state index in [4.69, 9.17) is 16.9 Å². The van der Waals surface area contributed by atoms with Crippen LogP contribution in [0.25, 0.3) is 11.3 Å². The molecule has 110 valence electrons. The molecule has 21 heavy (non-hydrogen) atoms. The van der Waals surface area contributed by atoms with Crippen molar-refractivity contribution >= 4 is 21.7 Å². The highest BCUT2D eigenvalue weighted by atomic mass is 79.9. The molecule has 0 unspecified atom stereocenters. The van der Waals surface area contributed by atoms with Crippen molar-refractivity contribution in [1.82, 2.24) is 9.55 Å². The summed E-state index contributed by atoms with van der Waals surface area (Å²) in [4.78, 5) is 4.68. The highest BCUT2D eigenvalue weighted by Gasteiger charge is 2.17. The van der Waals surface area contributed by atoms with Crippen molar-refractivity contribution in [3.05, 3.63) is 28.5 Å². The van der Waals surface area contributed by atoms with Gasteiger partial charge in [0.2, 0.25) is 0 Å². The number of aryl methyl sites for hydroxylation is 1. The van der Waals surface area contributed by atoms with Crippen molar-refractivity contribution < 1.29 is 4.74 Å². The third kappa shape index (κ3) is 3.06. The SMILES string of the molecule is C#CCn1c(CCC)nc(-c2cc(OC)ccc2Br)c1N. The second-order valence-electron chi connectivity index (χ2n) is 4.65. The molecular weight excluding hydrogens is 330 g/mol. The van der Waals surface area contributed by atoms with Gasteiger partial charge in [0.15, 0.2) is 0 Å². The summed E-state index contributed by atoms with van der Waals surface area (Å²) in [5, 5.41) is 0. The van der Waals surface area contributed by atoms with E-state index in [2.05, 4.69) is 33.8 Å². The molecule has 4 nitrogen and oxygen atoms in total. The van der Waals surface area contributed by atoms with E-state index in [1.807, 2.05) is 22.8 Å². The summed E-state index contributed by atoms with van der Waals surface area (Å²) in [6.07, 6.45) is 7.26. The highest BCUT2D eigenvalue weighted by Crippen LogP contribution is 2.35. The lowest BCUT2D eigenvalue weighted by atomic mass is 10.1. The van der Waals surface area contributed by atoms with Crippen LogP contribution in [0.1, 0.15) is 19.2 Å². The number of anilines is 1. The van der Waals surface area contributed by atoms with E-state index in [1.54, 1.807) is 7.11 Å². The zero-order chi connectivity index (χ0) is 15.4. The van der Waals surface area contributed by atoms with Crippen LogP contribution in [0.5, 0.6) is 5.75 Å². The fourth-order valence-corrected chi connectivity index (χ4v) is 2.64. The maximum atomic E-state index is 6.26. The first-order chi connectivity index (χ1) is 10.1. The van der Waals surface area contributed by atoms with Crippen molar-refractivity contribution in [3.8, 4) is 29.4 Å². The second-order valence-corrected chi connectivity index (χ2v) is 5.50. The Hall–Kier alpha value is -1.93. The number of nitrogens with two attached hydrogens (primary N) is 1. The van der Waals surface area contributed by atoms with Gasteiger partial charge in [0.05, 0.1) is 13.7 Å². The molecule has 0 fully saturated rings. The zero-order valence-electron chi connectivity index (χ0n) is 12.2. The van der Waals surface area contributed by atoms with Gasteiger partial charge >= 0.3 is 0 Å². The second kappa shape index (κ2) is 6.68. The maximum absolute atomic E-state index is 6.26. The molecular formula is C16H18BrN3O. The summed E-state index contributed by atoms with van der Waals surface area (Å²) in [6.45, 7) is 2.53. The van der Waals surface area contributed by atoms with Gasteiger partial charge in [0, 0.05) is 16.5 Å². The molecule has 0 bridgehead atoms. The molecule has 0 aliphatic carbocycles. The predicted molar refractivity (Wildman–Crippen MR) is 89.2 cm³/mol. The number of nitrogens with zero attached hydrogens (tertiary/aromatic N) is 2. The Bertz CT molecular complexity index is 686.